The zero-order chi connectivity index (χ0) is 13.2. The van der Waals surface area contributed by atoms with Gasteiger partial charge < -0.3 is 9.84 Å². The Morgan fingerprint density at radius 3 is 2.35 bits per heavy atom. The quantitative estimate of drug-likeness (QED) is 0.836. The summed E-state index contributed by atoms with van der Waals surface area (Å²) in [4.78, 5) is 0. The number of alkyl halides is 3. The van der Waals surface area contributed by atoms with E-state index in [2.05, 4.69) is 4.74 Å². The molecular weight excluding hydrogens is 240 g/mol. The SMILES string of the molecule is CCC(O)c1c(F)cc(C(F)(F)F)cc1OC. The molecule has 6 heteroatoms. The highest BCUT2D eigenvalue weighted by molar-refractivity contribution is 5.41. The molecule has 2 nitrogen and oxygen atoms in total. The number of hydrogen-bond donors (Lipinski definition) is 1. The number of ether oxygens (including phenoxy) is 1. The zero-order valence-corrected chi connectivity index (χ0v) is 9.31. The van der Waals surface area contributed by atoms with Crippen molar-refractivity contribution in [2.45, 2.75) is 25.6 Å². The standard InChI is InChI=1S/C11H12F4O2/c1-3-8(16)10-7(12)4-6(11(13,14)15)5-9(10)17-2/h4-5,8,16H,3H2,1-2H3. The Morgan fingerprint density at radius 1 is 1.35 bits per heavy atom. The van der Waals surface area contributed by atoms with Gasteiger partial charge in [0.25, 0.3) is 0 Å². The van der Waals surface area contributed by atoms with Crippen LogP contribution in [0.3, 0.4) is 0 Å². The van der Waals surface area contributed by atoms with Crippen LogP contribution >= 0.6 is 0 Å². The van der Waals surface area contributed by atoms with Crippen LogP contribution in [-0.4, -0.2) is 12.2 Å². The Hall–Kier alpha value is -1.30. The van der Waals surface area contributed by atoms with Crippen molar-refractivity contribution < 1.29 is 27.4 Å². The van der Waals surface area contributed by atoms with Gasteiger partial charge in [0.15, 0.2) is 0 Å². The Bertz CT molecular complexity index is 401. The predicted molar refractivity (Wildman–Crippen MR) is 53.2 cm³/mol. The third-order valence-corrected chi connectivity index (χ3v) is 2.36. The molecule has 0 fully saturated rings. The fourth-order valence-electron chi connectivity index (χ4n) is 1.45. The van der Waals surface area contributed by atoms with E-state index in [0.29, 0.717) is 12.1 Å². The van der Waals surface area contributed by atoms with Crippen molar-refractivity contribution in [3.63, 3.8) is 0 Å². The molecule has 1 aromatic carbocycles. The van der Waals surface area contributed by atoms with Gasteiger partial charge in [0.1, 0.15) is 11.6 Å². The van der Waals surface area contributed by atoms with Crippen molar-refractivity contribution >= 4 is 0 Å². The van der Waals surface area contributed by atoms with Gasteiger partial charge in [-0.3, -0.25) is 0 Å². The third-order valence-electron chi connectivity index (χ3n) is 2.36. The van der Waals surface area contributed by atoms with Crippen LogP contribution in [0.2, 0.25) is 0 Å². The van der Waals surface area contributed by atoms with Gasteiger partial charge in [-0.25, -0.2) is 4.39 Å². The fraction of sp³-hybridized carbons (Fsp3) is 0.455. The lowest BCUT2D eigenvalue weighted by Gasteiger charge is -2.16. The van der Waals surface area contributed by atoms with Crippen molar-refractivity contribution in [1.82, 2.24) is 0 Å². The molecule has 0 amide bonds. The van der Waals surface area contributed by atoms with Crippen LogP contribution in [0.25, 0.3) is 0 Å². The molecule has 0 heterocycles. The lowest BCUT2D eigenvalue weighted by molar-refractivity contribution is -0.137. The molecule has 0 aliphatic rings. The van der Waals surface area contributed by atoms with Crippen molar-refractivity contribution in [1.29, 1.82) is 0 Å². The van der Waals surface area contributed by atoms with Gasteiger partial charge >= 0.3 is 6.18 Å². The number of aliphatic hydroxyl groups is 1. The van der Waals surface area contributed by atoms with Crippen LogP contribution in [0.5, 0.6) is 5.75 Å². The van der Waals surface area contributed by atoms with Gasteiger partial charge in [-0.1, -0.05) is 6.92 Å². The van der Waals surface area contributed by atoms with Crippen LogP contribution in [0.15, 0.2) is 12.1 Å². The van der Waals surface area contributed by atoms with E-state index >= 15 is 0 Å². The molecule has 1 unspecified atom stereocenters. The molecule has 1 rings (SSSR count). The smallest absolute Gasteiger partial charge is 0.416 e. The summed E-state index contributed by atoms with van der Waals surface area (Å²) in [6, 6.07) is 1.04. The number of halogens is 4. The van der Waals surface area contributed by atoms with E-state index in [4.69, 9.17) is 0 Å². The lowest BCUT2D eigenvalue weighted by Crippen LogP contribution is -2.10. The van der Waals surface area contributed by atoms with Gasteiger partial charge in [-0.2, -0.15) is 13.2 Å². The van der Waals surface area contributed by atoms with Gasteiger partial charge in [-0.05, 0) is 18.6 Å². The molecule has 0 aliphatic heterocycles. The summed E-state index contributed by atoms with van der Waals surface area (Å²) in [6.07, 6.45) is -5.66. The molecule has 0 radical (unpaired) electrons. The molecule has 1 atom stereocenters. The van der Waals surface area contributed by atoms with Crippen molar-refractivity contribution in [3.05, 3.63) is 29.1 Å². The molecule has 0 bridgehead atoms. The molecule has 0 spiro atoms. The van der Waals surface area contributed by atoms with Crippen molar-refractivity contribution in [3.8, 4) is 5.75 Å². The van der Waals surface area contributed by atoms with Crippen molar-refractivity contribution in [2.24, 2.45) is 0 Å². The highest BCUT2D eigenvalue weighted by Crippen LogP contribution is 2.37. The van der Waals surface area contributed by atoms with E-state index in [9.17, 15) is 22.7 Å². The molecule has 0 aliphatic carbocycles. The zero-order valence-electron chi connectivity index (χ0n) is 9.31. The molecule has 1 N–H and O–H groups in total. The summed E-state index contributed by atoms with van der Waals surface area (Å²) in [5.41, 5.74) is -1.39. The second-order valence-electron chi connectivity index (χ2n) is 3.50. The topological polar surface area (TPSA) is 29.5 Å². The normalized spacial score (nSPS) is 13.6. The number of aliphatic hydroxyl groups excluding tert-OH is 1. The highest BCUT2D eigenvalue weighted by Gasteiger charge is 2.33. The average Bonchev–Trinajstić information content (AvgIpc) is 2.25. The fourth-order valence-corrected chi connectivity index (χ4v) is 1.45. The molecule has 0 aromatic heterocycles. The van der Waals surface area contributed by atoms with E-state index in [1.807, 2.05) is 0 Å². The van der Waals surface area contributed by atoms with Crippen LogP contribution in [0, 0.1) is 5.82 Å². The average molecular weight is 252 g/mol. The summed E-state index contributed by atoms with van der Waals surface area (Å²) in [5.74, 6) is -1.42. The maximum atomic E-state index is 13.5. The molecular formula is C11H12F4O2. The van der Waals surface area contributed by atoms with Gasteiger partial charge in [-0.15, -0.1) is 0 Å². The van der Waals surface area contributed by atoms with E-state index in [-0.39, 0.29) is 17.7 Å². The number of methoxy groups -OCH3 is 1. The number of hydrogen-bond acceptors (Lipinski definition) is 2. The van der Waals surface area contributed by atoms with Crippen molar-refractivity contribution in [2.75, 3.05) is 7.11 Å². The van der Waals surface area contributed by atoms with Crippen LogP contribution in [0.1, 0.15) is 30.6 Å². The first kappa shape index (κ1) is 13.8. The van der Waals surface area contributed by atoms with Crippen LogP contribution in [0.4, 0.5) is 17.6 Å². The minimum absolute atomic E-state index is 0.179. The Labute approximate surface area is 95.8 Å². The minimum Gasteiger partial charge on any atom is -0.496 e. The molecule has 17 heavy (non-hydrogen) atoms. The first-order valence-corrected chi connectivity index (χ1v) is 4.94. The maximum Gasteiger partial charge on any atom is 0.416 e. The van der Waals surface area contributed by atoms with E-state index < -0.39 is 23.7 Å². The third kappa shape index (κ3) is 2.88. The molecule has 0 saturated heterocycles. The second kappa shape index (κ2) is 4.91. The summed E-state index contributed by atoms with van der Waals surface area (Å²) in [6.45, 7) is 1.58. The van der Waals surface area contributed by atoms with Crippen LogP contribution < -0.4 is 4.74 Å². The number of rotatable bonds is 3. The summed E-state index contributed by atoms with van der Waals surface area (Å²) >= 11 is 0. The Balaban J connectivity index is 3.36. The monoisotopic (exact) mass is 252 g/mol. The van der Waals surface area contributed by atoms with E-state index in [1.165, 1.54) is 0 Å². The first-order valence-electron chi connectivity index (χ1n) is 4.94. The first-order chi connectivity index (χ1) is 7.81. The summed E-state index contributed by atoms with van der Waals surface area (Å²) < 4.78 is 55.5. The van der Waals surface area contributed by atoms with Crippen LogP contribution in [-0.2, 0) is 6.18 Å². The highest BCUT2D eigenvalue weighted by atomic mass is 19.4. The Kier molecular flexibility index (Phi) is 3.98. The molecule has 1 aromatic rings. The largest absolute Gasteiger partial charge is 0.496 e. The van der Waals surface area contributed by atoms with Gasteiger partial charge in [0.2, 0.25) is 0 Å². The second-order valence-corrected chi connectivity index (χ2v) is 3.50. The van der Waals surface area contributed by atoms with E-state index in [1.54, 1.807) is 6.92 Å². The van der Waals surface area contributed by atoms with Gasteiger partial charge in [0, 0.05) is 0 Å². The van der Waals surface area contributed by atoms with E-state index in [0.717, 1.165) is 7.11 Å². The lowest BCUT2D eigenvalue weighted by atomic mass is 10.0. The predicted octanol–water partition coefficient (Wildman–Crippen LogP) is 3.30. The maximum absolute atomic E-state index is 13.5. The Morgan fingerprint density at radius 2 is 1.94 bits per heavy atom. The van der Waals surface area contributed by atoms with Gasteiger partial charge in [0.05, 0.1) is 24.3 Å². The minimum atomic E-state index is -4.65. The number of benzene rings is 1. The molecule has 96 valence electrons. The summed E-state index contributed by atoms with van der Waals surface area (Å²) in [5, 5.41) is 9.51. The summed E-state index contributed by atoms with van der Waals surface area (Å²) in [7, 11) is 1.13. The molecule has 0 saturated carbocycles.